The van der Waals surface area contributed by atoms with Crippen LogP contribution in [0, 0.1) is 3.57 Å². The molecular weight excluding hydrogens is 330 g/mol. The summed E-state index contributed by atoms with van der Waals surface area (Å²) in [5.74, 6) is 0. The molecule has 1 aliphatic carbocycles. The third-order valence-corrected chi connectivity index (χ3v) is 3.23. The average Bonchev–Trinajstić information content (AvgIpc) is 2.95. The molecule has 0 spiro atoms. The van der Waals surface area contributed by atoms with Crippen molar-refractivity contribution >= 4 is 22.6 Å². The summed E-state index contributed by atoms with van der Waals surface area (Å²) >= 11 is 2.11. The first-order chi connectivity index (χ1) is 7.47. The molecule has 88 valence electrons. The minimum atomic E-state index is -4.22. The Morgan fingerprint density at radius 3 is 2.50 bits per heavy atom. The molecule has 16 heavy (non-hydrogen) atoms. The molecule has 0 heterocycles. The molecule has 1 nitrogen and oxygen atoms in total. The molecule has 0 aromatic heterocycles. The topological polar surface area (TPSA) is 3.24 Å². The molecular formula is C11H11F3IN. The van der Waals surface area contributed by atoms with E-state index in [2.05, 4.69) is 22.6 Å². The monoisotopic (exact) mass is 341 g/mol. The van der Waals surface area contributed by atoms with Gasteiger partial charge in [0, 0.05) is 16.2 Å². The van der Waals surface area contributed by atoms with E-state index in [0.29, 0.717) is 17.7 Å². The molecule has 0 atom stereocenters. The van der Waals surface area contributed by atoms with E-state index >= 15 is 0 Å². The Labute approximate surface area is 106 Å². The van der Waals surface area contributed by atoms with Gasteiger partial charge in [-0.3, -0.25) is 0 Å². The van der Waals surface area contributed by atoms with Gasteiger partial charge in [-0.15, -0.1) is 0 Å². The van der Waals surface area contributed by atoms with E-state index in [4.69, 9.17) is 0 Å². The van der Waals surface area contributed by atoms with E-state index in [1.165, 1.54) is 0 Å². The zero-order chi connectivity index (χ0) is 11.8. The highest BCUT2D eigenvalue weighted by atomic mass is 127. The normalized spacial score (nSPS) is 16.8. The second-order valence-corrected chi connectivity index (χ2v) is 5.20. The van der Waals surface area contributed by atoms with E-state index in [0.717, 1.165) is 9.13 Å². The highest BCUT2D eigenvalue weighted by Gasteiger charge is 2.45. The van der Waals surface area contributed by atoms with Crippen LogP contribution in [-0.2, 0) is 6.54 Å². The number of rotatable bonds is 3. The Hall–Kier alpha value is -0.300. The first-order valence-electron chi connectivity index (χ1n) is 5.05. The third kappa shape index (κ3) is 3.10. The lowest BCUT2D eigenvalue weighted by Crippen LogP contribution is -2.39. The molecule has 1 aromatic carbocycles. The van der Waals surface area contributed by atoms with Gasteiger partial charge in [0.05, 0.1) is 0 Å². The summed E-state index contributed by atoms with van der Waals surface area (Å²) in [5.41, 5.74) is 0.719. The standard InChI is InChI=1S/C11H11F3IN/c12-11(13,14)16(10-4-5-10)7-8-2-1-3-9(15)6-8/h1-3,6,10H,4-5,7H2. The van der Waals surface area contributed by atoms with Crippen molar-refractivity contribution in [3.8, 4) is 0 Å². The first kappa shape index (κ1) is 12.2. The van der Waals surface area contributed by atoms with Gasteiger partial charge in [0.25, 0.3) is 0 Å². The molecule has 5 heteroatoms. The van der Waals surface area contributed by atoms with Gasteiger partial charge in [-0.05, 0) is 53.1 Å². The van der Waals surface area contributed by atoms with Crippen LogP contribution >= 0.6 is 22.6 Å². The molecule has 0 unspecified atom stereocenters. The largest absolute Gasteiger partial charge is 0.460 e. The SMILES string of the molecule is FC(F)(F)N(Cc1cccc(I)c1)C1CC1. The zero-order valence-electron chi connectivity index (χ0n) is 8.47. The number of halogens is 4. The van der Waals surface area contributed by atoms with Crippen LogP contribution in [0.15, 0.2) is 24.3 Å². The summed E-state index contributed by atoms with van der Waals surface area (Å²) in [5, 5.41) is 0. The highest BCUT2D eigenvalue weighted by molar-refractivity contribution is 14.1. The Balaban J connectivity index is 2.11. The Morgan fingerprint density at radius 2 is 2.00 bits per heavy atom. The smallest absolute Gasteiger partial charge is 0.207 e. The summed E-state index contributed by atoms with van der Waals surface area (Å²) in [4.78, 5) is 0.637. The van der Waals surface area contributed by atoms with Crippen molar-refractivity contribution < 1.29 is 13.2 Å². The summed E-state index contributed by atoms with van der Waals surface area (Å²) in [6, 6.07) is 6.89. The first-order valence-corrected chi connectivity index (χ1v) is 6.12. The number of hydrogen-bond donors (Lipinski definition) is 0. The van der Waals surface area contributed by atoms with Gasteiger partial charge >= 0.3 is 6.30 Å². The zero-order valence-corrected chi connectivity index (χ0v) is 10.6. The Kier molecular flexibility index (Phi) is 3.44. The van der Waals surface area contributed by atoms with E-state index in [1.807, 2.05) is 6.07 Å². The Morgan fingerprint density at radius 1 is 1.31 bits per heavy atom. The molecule has 0 saturated heterocycles. The van der Waals surface area contributed by atoms with Crippen LogP contribution < -0.4 is 0 Å². The maximum Gasteiger partial charge on any atom is 0.460 e. The van der Waals surface area contributed by atoms with Gasteiger partial charge in [-0.25, -0.2) is 4.90 Å². The van der Waals surface area contributed by atoms with Crippen LogP contribution in [0.1, 0.15) is 18.4 Å². The molecule has 1 saturated carbocycles. The minimum Gasteiger partial charge on any atom is -0.207 e. The van der Waals surface area contributed by atoms with Crippen LogP contribution in [-0.4, -0.2) is 17.2 Å². The molecule has 0 bridgehead atoms. The summed E-state index contributed by atoms with van der Waals surface area (Å²) in [6.45, 7) is -0.0367. The van der Waals surface area contributed by atoms with Crippen molar-refractivity contribution in [3.63, 3.8) is 0 Å². The van der Waals surface area contributed by atoms with E-state index in [-0.39, 0.29) is 12.6 Å². The van der Waals surface area contributed by atoms with Gasteiger partial charge < -0.3 is 0 Å². The number of nitrogens with zero attached hydrogens (tertiary/aromatic N) is 1. The lowest BCUT2D eigenvalue weighted by atomic mass is 10.2. The molecule has 1 aromatic rings. The fourth-order valence-electron chi connectivity index (χ4n) is 1.64. The van der Waals surface area contributed by atoms with Gasteiger partial charge in [0.1, 0.15) is 0 Å². The maximum atomic E-state index is 12.7. The number of alkyl halides is 3. The van der Waals surface area contributed by atoms with Crippen molar-refractivity contribution in [2.75, 3.05) is 0 Å². The van der Waals surface area contributed by atoms with Gasteiger partial charge in [-0.2, -0.15) is 13.2 Å². The van der Waals surface area contributed by atoms with Crippen LogP contribution in [0.3, 0.4) is 0 Å². The van der Waals surface area contributed by atoms with Crippen molar-refractivity contribution in [3.05, 3.63) is 33.4 Å². The summed E-state index contributed by atoms with van der Waals surface area (Å²) in [6.07, 6.45) is -2.91. The van der Waals surface area contributed by atoms with Gasteiger partial charge in [0.2, 0.25) is 0 Å². The quantitative estimate of drug-likeness (QED) is 0.598. The predicted octanol–water partition coefficient (Wildman–Crippen LogP) is 3.78. The molecule has 0 aliphatic heterocycles. The van der Waals surface area contributed by atoms with Gasteiger partial charge in [-0.1, -0.05) is 12.1 Å². The molecule has 0 radical (unpaired) electrons. The fraction of sp³-hybridized carbons (Fsp3) is 0.455. The molecule has 0 amide bonds. The molecule has 1 aliphatic rings. The average molecular weight is 341 g/mol. The van der Waals surface area contributed by atoms with E-state index in [1.54, 1.807) is 18.2 Å². The second-order valence-electron chi connectivity index (χ2n) is 3.96. The lowest BCUT2D eigenvalue weighted by Gasteiger charge is -2.24. The van der Waals surface area contributed by atoms with Crippen molar-refractivity contribution in [2.45, 2.75) is 31.7 Å². The van der Waals surface area contributed by atoms with Crippen LogP contribution in [0.25, 0.3) is 0 Å². The lowest BCUT2D eigenvalue weighted by molar-refractivity contribution is -0.253. The third-order valence-electron chi connectivity index (χ3n) is 2.56. The van der Waals surface area contributed by atoms with Crippen LogP contribution in [0.4, 0.5) is 13.2 Å². The van der Waals surface area contributed by atoms with Crippen molar-refractivity contribution in [2.24, 2.45) is 0 Å². The number of hydrogen-bond acceptors (Lipinski definition) is 1. The fourth-order valence-corrected chi connectivity index (χ4v) is 2.25. The predicted molar refractivity (Wildman–Crippen MR) is 63.8 cm³/mol. The second kappa shape index (κ2) is 4.52. The molecule has 2 rings (SSSR count). The van der Waals surface area contributed by atoms with Crippen molar-refractivity contribution in [1.29, 1.82) is 0 Å². The van der Waals surface area contributed by atoms with Crippen molar-refractivity contribution in [1.82, 2.24) is 4.90 Å². The van der Waals surface area contributed by atoms with Crippen LogP contribution in [0.2, 0.25) is 0 Å². The van der Waals surface area contributed by atoms with E-state index < -0.39 is 6.30 Å². The number of benzene rings is 1. The van der Waals surface area contributed by atoms with Crippen LogP contribution in [0.5, 0.6) is 0 Å². The molecule has 1 fully saturated rings. The minimum absolute atomic E-state index is 0.0367. The van der Waals surface area contributed by atoms with E-state index in [9.17, 15) is 13.2 Å². The van der Waals surface area contributed by atoms with Gasteiger partial charge in [0.15, 0.2) is 0 Å². The Bertz CT molecular complexity index is 374. The maximum absolute atomic E-state index is 12.7. The molecule has 0 N–H and O–H groups in total. The summed E-state index contributed by atoms with van der Waals surface area (Å²) < 4.78 is 39.1. The highest BCUT2D eigenvalue weighted by Crippen LogP contribution is 2.36. The summed E-state index contributed by atoms with van der Waals surface area (Å²) in [7, 11) is 0.